The Labute approximate surface area is 202 Å². The van der Waals surface area contributed by atoms with Gasteiger partial charge in [0.1, 0.15) is 0 Å². The molecule has 10 heteroatoms. The molecule has 3 aromatic rings. The van der Waals surface area contributed by atoms with Crippen molar-refractivity contribution in [2.24, 2.45) is 5.92 Å². The number of carbonyl (C=O) groups excluding carboxylic acids is 2. The van der Waals surface area contributed by atoms with Crippen LogP contribution in [0.15, 0.2) is 53.7 Å². The van der Waals surface area contributed by atoms with Gasteiger partial charge in [-0.1, -0.05) is 37.7 Å². The van der Waals surface area contributed by atoms with Gasteiger partial charge in [0.2, 0.25) is 11.8 Å². The number of hydrogen-bond donors (Lipinski definition) is 2. The number of amides is 2. The minimum atomic E-state index is -0.534. The molecule has 2 N–H and O–H groups in total. The first-order valence-corrected chi connectivity index (χ1v) is 11.9. The summed E-state index contributed by atoms with van der Waals surface area (Å²) in [5.74, 6) is 0.332. The molecule has 2 aromatic carbocycles. The average Bonchev–Trinajstić information content (AvgIpc) is 3.17. The summed E-state index contributed by atoms with van der Waals surface area (Å²) in [5, 5.41) is 14.6. The third-order valence-corrected chi connectivity index (χ3v) is 5.59. The van der Waals surface area contributed by atoms with E-state index in [1.165, 1.54) is 24.8 Å². The normalized spacial score (nSPS) is 11.8. The number of halogens is 1. The maximum absolute atomic E-state index is 14.0. The fourth-order valence-electron chi connectivity index (χ4n) is 3.20. The summed E-state index contributed by atoms with van der Waals surface area (Å²) in [6, 6.07) is 13.1. The number of anilines is 2. The van der Waals surface area contributed by atoms with Gasteiger partial charge in [-0.15, -0.1) is 10.2 Å². The number of carbonyl (C=O) groups is 2. The zero-order valence-corrected chi connectivity index (χ0v) is 20.4. The molecule has 34 heavy (non-hydrogen) atoms. The third kappa shape index (κ3) is 7.05. The molecule has 0 aliphatic rings. The first-order valence-electron chi connectivity index (χ1n) is 10.9. The molecule has 0 saturated heterocycles. The number of benzene rings is 2. The van der Waals surface area contributed by atoms with Gasteiger partial charge < -0.3 is 19.9 Å². The van der Waals surface area contributed by atoms with Gasteiger partial charge in [0.25, 0.3) is 0 Å². The minimum Gasteiger partial charge on any atom is -0.480 e. The molecule has 1 heterocycles. The number of ether oxygens (including phenoxy) is 1. The fraction of sp³-hybridized carbons (Fsp3) is 0.333. The predicted octanol–water partition coefficient (Wildman–Crippen LogP) is 4.90. The quantitative estimate of drug-likeness (QED) is 0.396. The van der Waals surface area contributed by atoms with Crippen LogP contribution in [0.25, 0.3) is 0 Å². The Balaban J connectivity index is 1.65. The Morgan fingerprint density at radius 1 is 1.03 bits per heavy atom. The van der Waals surface area contributed by atoms with E-state index in [9.17, 15) is 14.0 Å². The van der Waals surface area contributed by atoms with Crippen molar-refractivity contribution >= 4 is 35.0 Å². The molecule has 180 valence electrons. The fourth-order valence-corrected chi connectivity index (χ4v) is 3.95. The average molecular weight is 486 g/mol. The van der Waals surface area contributed by atoms with E-state index in [1.807, 2.05) is 4.57 Å². The highest BCUT2D eigenvalue weighted by molar-refractivity contribution is 7.99. The van der Waals surface area contributed by atoms with Crippen molar-refractivity contribution in [1.82, 2.24) is 14.8 Å². The van der Waals surface area contributed by atoms with Crippen molar-refractivity contribution in [2.75, 3.05) is 16.4 Å². The first-order chi connectivity index (χ1) is 16.2. The van der Waals surface area contributed by atoms with Gasteiger partial charge in [-0.3, -0.25) is 9.59 Å². The van der Waals surface area contributed by atoms with Crippen molar-refractivity contribution in [2.45, 2.75) is 45.5 Å². The number of nitrogens with one attached hydrogen (secondary N) is 2. The predicted molar refractivity (Wildman–Crippen MR) is 130 cm³/mol. The summed E-state index contributed by atoms with van der Waals surface area (Å²) in [6.45, 7) is 7.99. The van der Waals surface area contributed by atoms with Crippen molar-refractivity contribution in [3.05, 3.63) is 60.2 Å². The second-order valence-corrected chi connectivity index (χ2v) is 9.07. The Bertz CT molecular complexity index is 1130. The van der Waals surface area contributed by atoms with Gasteiger partial charge >= 0.3 is 0 Å². The van der Waals surface area contributed by atoms with Crippen LogP contribution in [-0.4, -0.2) is 32.3 Å². The highest BCUT2D eigenvalue weighted by Gasteiger charge is 2.22. The maximum atomic E-state index is 14.0. The van der Waals surface area contributed by atoms with Crippen LogP contribution in [0.2, 0.25) is 0 Å². The molecule has 1 aromatic heterocycles. The summed E-state index contributed by atoms with van der Waals surface area (Å²) in [6.07, 6.45) is -0.534. The molecule has 8 nitrogen and oxygen atoms in total. The first kappa shape index (κ1) is 25.2. The van der Waals surface area contributed by atoms with Gasteiger partial charge in [0.15, 0.2) is 28.7 Å². The molecule has 3 rings (SSSR count). The van der Waals surface area contributed by atoms with Crippen LogP contribution in [0.5, 0.6) is 5.75 Å². The van der Waals surface area contributed by atoms with Crippen molar-refractivity contribution in [3.63, 3.8) is 0 Å². The van der Waals surface area contributed by atoms with Crippen LogP contribution < -0.4 is 15.4 Å². The molecule has 2 amide bonds. The lowest BCUT2D eigenvalue weighted by molar-refractivity contribution is -0.114. The summed E-state index contributed by atoms with van der Waals surface area (Å²) in [7, 11) is 0. The van der Waals surface area contributed by atoms with E-state index in [4.69, 9.17) is 4.74 Å². The van der Waals surface area contributed by atoms with Crippen molar-refractivity contribution in [1.29, 1.82) is 0 Å². The standard InChI is InChI=1S/C24H28FN5O3S/c1-15(2)13-30-23(16(3)33-21-8-6-5-7-20(21)25)28-29-24(30)34-14-22(32)27-19-11-9-18(10-12-19)26-17(4)31/h5-12,15-16H,13-14H2,1-4H3,(H,26,31)(H,27,32). The Kier molecular flexibility index (Phi) is 8.64. The third-order valence-electron chi connectivity index (χ3n) is 4.62. The molecular weight excluding hydrogens is 457 g/mol. The molecule has 1 atom stereocenters. The van der Waals surface area contributed by atoms with Crippen LogP contribution in [0.4, 0.5) is 15.8 Å². The van der Waals surface area contributed by atoms with Crippen LogP contribution >= 0.6 is 11.8 Å². The monoisotopic (exact) mass is 485 g/mol. The van der Waals surface area contributed by atoms with E-state index in [0.717, 1.165) is 0 Å². The van der Waals surface area contributed by atoms with Gasteiger partial charge in [0.05, 0.1) is 5.75 Å². The number of para-hydroxylation sites is 1. The Morgan fingerprint density at radius 3 is 2.29 bits per heavy atom. The second kappa shape index (κ2) is 11.6. The largest absolute Gasteiger partial charge is 0.480 e. The Morgan fingerprint density at radius 2 is 1.68 bits per heavy atom. The summed E-state index contributed by atoms with van der Waals surface area (Å²) >= 11 is 1.27. The van der Waals surface area contributed by atoms with E-state index in [-0.39, 0.29) is 23.3 Å². The van der Waals surface area contributed by atoms with Crippen molar-refractivity contribution < 1.29 is 18.7 Å². The molecule has 0 aliphatic heterocycles. The number of aromatic nitrogens is 3. The molecule has 1 unspecified atom stereocenters. The van der Waals surface area contributed by atoms with Crippen LogP contribution in [-0.2, 0) is 16.1 Å². The minimum absolute atomic E-state index is 0.131. The van der Waals surface area contributed by atoms with Gasteiger partial charge in [-0.2, -0.15) is 0 Å². The molecule has 0 saturated carbocycles. The SMILES string of the molecule is CC(=O)Nc1ccc(NC(=O)CSc2nnc(C(C)Oc3ccccc3F)n2CC(C)C)cc1. The van der Waals surface area contributed by atoms with Crippen molar-refractivity contribution in [3.8, 4) is 5.75 Å². The number of thioether (sulfide) groups is 1. The lowest BCUT2D eigenvalue weighted by atomic mass is 10.2. The number of hydrogen-bond acceptors (Lipinski definition) is 6. The molecule has 0 spiro atoms. The zero-order chi connectivity index (χ0) is 24.7. The number of rotatable bonds is 10. The lowest BCUT2D eigenvalue weighted by Crippen LogP contribution is -2.17. The van der Waals surface area contributed by atoms with Gasteiger partial charge in [0, 0.05) is 24.8 Å². The highest BCUT2D eigenvalue weighted by Crippen LogP contribution is 2.27. The lowest BCUT2D eigenvalue weighted by Gasteiger charge is -2.18. The molecule has 0 radical (unpaired) electrons. The smallest absolute Gasteiger partial charge is 0.234 e. The van der Waals surface area contributed by atoms with E-state index < -0.39 is 11.9 Å². The molecule has 0 fully saturated rings. The van der Waals surface area contributed by atoms with E-state index in [0.29, 0.717) is 34.8 Å². The second-order valence-electron chi connectivity index (χ2n) is 8.13. The van der Waals surface area contributed by atoms with Gasteiger partial charge in [-0.05, 0) is 49.2 Å². The van der Waals surface area contributed by atoms with Crippen LogP contribution in [0, 0.1) is 11.7 Å². The molecule has 0 aliphatic carbocycles. The van der Waals surface area contributed by atoms with Gasteiger partial charge in [-0.25, -0.2) is 4.39 Å². The van der Waals surface area contributed by atoms with E-state index in [2.05, 4.69) is 34.7 Å². The molecule has 0 bridgehead atoms. The summed E-state index contributed by atoms with van der Waals surface area (Å²) < 4.78 is 21.7. The Hall–Kier alpha value is -3.40. The van der Waals surface area contributed by atoms with Crippen LogP contribution in [0.1, 0.15) is 39.6 Å². The summed E-state index contributed by atoms with van der Waals surface area (Å²) in [5.41, 5.74) is 1.27. The van der Waals surface area contributed by atoms with Crippen LogP contribution in [0.3, 0.4) is 0 Å². The highest BCUT2D eigenvalue weighted by atomic mass is 32.2. The zero-order valence-electron chi connectivity index (χ0n) is 19.5. The van der Waals surface area contributed by atoms with E-state index >= 15 is 0 Å². The maximum Gasteiger partial charge on any atom is 0.234 e. The number of nitrogens with zero attached hydrogens (tertiary/aromatic N) is 3. The molecular formula is C24H28FN5O3S. The summed E-state index contributed by atoms with van der Waals surface area (Å²) in [4.78, 5) is 23.6. The topological polar surface area (TPSA) is 98.1 Å². The van der Waals surface area contributed by atoms with E-state index in [1.54, 1.807) is 49.4 Å².